The number of alkyl halides is 4. The average Bonchev–Trinajstić information content (AvgIpc) is 2.25. The standard InChI is InChI=1S/C10H10ClF3N2O/c1-6(11)4-16-9(17)8-3-2-7(5-15-8)10(12,13)14/h2-3,5-6H,4H2,1H3,(H,16,17). The number of aromatic nitrogens is 1. The molecule has 0 saturated heterocycles. The molecule has 0 fully saturated rings. The van der Waals surface area contributed by atoms with Crippen molar-refractivity contribution < 1.29 is 18.0 Å². The van der Waals surface area contributed by atoms with Crippen LogP contribution >= 0.6 is 11.6 Å². The number of amides is 1. The molecule has 1 aromatic heterocycles. The first-order chi connectivity index (χ1) is 7.80. The van der Waals surface area contributed by atoms with E-state index in [4.69, 9.17) is 11.6 Å². The highest BCUT2D eigenvalue weighted by molar-refractivity contribution is 6.20. The molecular formula is C10H10ClF3N2O. The molecule has 7 heteroatoms. The van der Waals surface area contributed by atoms with Crippen LogP contribution in [-0.2, 0) is 6.18 Å². The van der Waals surface area contributed by atoms with Crippen molar-refractivity contribution in [2.45, 2.75) is 18.5 Å². The van der Waals surface area contributed by atoms with Crippen LogP contribution in [0.25, 0.3) is 0 Å². The normalized spacial score (nSPS) is 13.2. The van der Waals surface area contributed by atoms with Gasteiger partial charge in [0.1, 0.15) is 5.69 Å². The second-order valence-electron chi connectivity index (χ2n) is 3.42. The van der Waals surface area contributed by atoms with E-state index < -0.39 is 17.6 Å². The van der Waals surface area contributed by atoms with Crippen molar-refractivity contribution in [3.05, 3.63) is 29.6 Å². The first-order valence-electron chi connectivity index (χ1n) is 4.76. The summed E-state index contributed by atoms with van der Waals surface area (Å²) in [7, 11) is 0. The molecule has 0 aliphatic rings. The Balaban J connectivity index is 2.71. The summed E-state index contributed by atoms with van der Waals surface area (Å²) in [6.07, 6.45) is -3.83. The molecule has 1 rings (SSSR count). The van der Waals surface area contributed by atoms with Gasteiger partial charge in [-0.2, -0.15) is 13.2 Å². The molecule has 1 aromatic rings. The Hall–Kier alpha value is -1.30. The van der Waals surface area contributed by atoms with Crippen molar-refractivity contribution in [3.63, 3.8) is 0 Å². The second-order valence-corrected chi connectivity index (χ2v) is 4.17. The summed E-state index contributed by atoms with van der Waals surface area (Å²) in [5, 5.41) is 2.19. The van der Waals surface area contributed by atoms with Crippen molar-refractivity contribution in [2.24, 2.45) is 0 Å². The highest BCUT2D eigenvalue weighted by atomic mass is 35.5. The molecule has 0 aromatic carbocycles. The molecular weight excluding hydrogens is 257 g/mol. The van der Waals surface area contributed by atoms with Gasteiger partial charge in [0.25, 0.3) is 5.91 Å². The minimum atomic E-state index is -4.45. The van der Waals surface area contributed by atoms with Gasteiger partial charge in [0.15, 0.2) is 0 Å². The smallest absolute Gasteiger partial charge is 0.349 e. The Morgan fingerprint density at radius 2 is 2.18 bits per heavy atom. The van der Waals surface area contributed by atoms with Crippen LogP contribution in [0.1, 0.15) is 23.0 Å². The van der Waals surface area contributed by atoms with E-state index >= 15 is 0 Å². The summed E-state index contributed by atoms with van der Waals surface area (Å²) in [4.78, 5) is 14.8. The quantitative estimate of drug-likeness (QED) is 0.854. The predicted molar refractivity (Wildman–Crippen MR) is 56.9 cm³/mol. The number of nitrogens with zero attached hydrogens (tertiary/aromatic N) is 1. The maximum absolute atomic E-state index is 12.2. The van der Waals surface area contributed by atoms with Crippen LogP contribution in [0.15, 0.2) is 18.3 Å². The fourth-order valence-corrected chi connectivity index (χ4v) is 1.10. The van der Waals surface area contributed by atoms with E-state index in [1.165, 1.54) is 0 Å². The molecule has 0 radical (unpaired) electrons. The van der Waals surface area contributed by atoms with Gasteiger partial charge >= 0.3 is 6.18 Å². The number of carbonyl (C=O) groups excluding carboxylic acids is 1. The maximum Gasteiger partial charge on any atom is 0.417 e. The van der Waals surface area contributed by atoms with E-state index in [0.29, 0.717) is 6.20 Å². The van der Waals surface area contributed by atoms with Gasteiger partial charge in [-0.25, -0.2) is 0 Å². The van der Waals surface area contributed by atoms with E-state index in [1.807, 2.05) is 0 Å². The van der Waals surface area contributed by atoms with Crippen LogP contribution in [0.3, 0.4) is 0 Å². The maximum atomic E-state index is 12.2. The predicted octanol–water partition coefficient (Wildman–Crippen LogP) is 2.46. The van der Waals surface area contributed by atoms with Crippen molar-refractivity contribution in [2.75, 3.05) is 6.54 Å². The average molecular weight is 267 g/mol. The van der Waals surface area contributed by atoms with Gasteiger partial charge in [0.2, 0.25) is 0 Å². The molecule has 94 valence electrons. The fraction of sp³-hybridized carbons (Fsp3) is 0.400. The Kier molecular flexibility index (Phi) is 4.34. The van der Waals surface area contributed by atoms with Gasteiger partial charge < -0.3 is 5.32 Å². The molecule has 1 N–H and O–H groups in total. The zero-order valence-corrected chi connectivity index (χ0v) is 9.64. The summed E-state index contributed by atoms with van der Waals surface area (Å²) in [6, 6.07) is 1.84. The number of hydrogen-bond donors (Lipinski definition) is 1. The summed E-state index contributed by atoms with van der Waals surface area (Å²) in [5.74, 6) is -0.550. The Morgan fingerprint density at radius 3 is 2.59 bits per heavy atom. The third kappa shape index (κ3) is 4.22. The number of halogens is 4. The zero-order valence-electron chi connectivity index (χ0n) is 8.88. The third-order valence-corrected chi connectivity index (χ3v) is 2.02. The van der Waals surface area contributed by atoms with Crippen molar-refractivity contribution in [1.29, 1.82) is 0 Å². The number of rotatable bonds is 3. The van der Waals surface area contributed by atoms with Crippen LogP contribution in [0.4, 0.5) is 13.2 Å². The monoisotopic (exact) mass is 266 g/mol. The third-order valence-electron chi connectivity index (χ3n) is 1.87. The van der Waals surface area contributed by atoms with E-state index in [1.54, 1.807) is 6.92 Å². The lowest BCUT2D eigenvalue weighted by atomic mass is 10.2. The molecule has 3 nitrogen and oxygen atoms in total. The van der Waals surface area contributed by atoms with Crippen LogP contribution in [0.5, 0.6) is 0 Å². The molecule has 0 spiro atoms. The van der Waals surface area contributed by atoms with E-state index in [-0.39, 0.29) is 17.6 Å². The molecule has 1 atom stereocenters. The minimum absolute atomic E-state index is 0.0738. The molecule has 1 heterocycles. The van der Waals surface area contributed by atoms with Crippen molar-refractivity contribution in [3.8, 4) is 0 Å². The van der Waals surface area contributed by atoms with E-state index in [9.17, 15) is 18.0 Å². The van der Waals surface area contributed by atoms with E-state index in [0.717, 1.165) is 12.1 Å². The molecule has 0 bridgehead atoms. The largest absolute Gasteiger partial charge is 0.417 e. The highest BCUT2D eigenvalue weighted by Gasteiger charge is 2.30. The fourth-order valence-electron chi connectivity index (χ4n) is 1.02. The Bertz CT molecular complexity index is 390. The van der Waals surface area contributed by atoms with Gasteiger partial charge in [-0.3, -0.25) is 9.78 Å². The topological polar surface area (TPSA) is 42.0 Å². The summed E-state index contributed by atoms with van der Waals surface area (Å²) >= 11 is 5.61. The number of hydrogen-bond acceptors (Lipinski definition) is 2. The Morgan fingerprint density at radius 1 is 1.53 bits per heavy atom. The highest BCUT2D eigenvalue weighted by Crippen LogP contribution is 2.28. The lowest BCUT2D eigenvalue weighted by Gasteiger charge is -2.08. The van der Waals surface area contributed by atoms with Crippen LogP contribution in [0, 0.1) is 0 Å². The molecule has 0 saturated carbocycles. The summed E-state index contributed by atoms with van der Waals surface area (Å²) in [6.45, 7) is 1.91. The molecule has 1 amide bonds. The SMILES string of the molecule is CC(Cl)CNC(=O)c1ccc(C(F)(F)F)cn1. The molecule has 0 aliphatic carbocycles. The minimum Gasteiger partial charge on any atom is -0.349 e. The zero-order chi connectivity index (χ0) is 13.1. The van der Waals surface area contributed by atoms with E-state index in [2.05, 4.69) is 10.3 Å². The summed E-state index contributed by atoms with van der Waals surface area (Å²) in [5.41, 5.74) is -0.963. The van der Waals surface area contributed by atoms with Gasteiger partial charge in [0.05, 0.1) is 5.56 Å². The Labute approximate surface area is 101 Å². The van der Waals surface area contributed by atoms with Gasteiger partial charge in [-0.05, 0) is 19.1 Å². The molecule has 17 heavy (non-hydrogen) atoms. The van der Waals surface area contributed by atoms with Crippen molar-refractivity contribution in [1.82, 2.24) is 10.3 Å². The molecule has 0 aliphatic heterocycles. The van der Waals surface area contributed by atoms with Crippen LogP contribution < -0.4 is 5.32 Å². The first kappa shape index (κ1) is 13.8. The second kappa shape index (κ2) is 5.35. The molecule has 1 unspecified atom stereocenters. The first-order valence-corrected chi connectivity index (χ1v) is 5.20. The lowest BCUT2D eigenvalue weighted by molar-refractivity contribution is -0.137. The lowest BCUT2D eigenvalue weighted by Crippen LogP contribution is -2.29. The summed E-state index contributed by atoms with van der Waals surface area (Å²) < 4.78 is 36.6. The van der Waals surface area contributed by atoms with Crippen LogP contribution in [-0.4, -0.2) is 22.8 Å². The van der Waals surface area contributed by atoms with Gasteiger partial charge in [0, 0.05) is 18.1 Å². The number of pyridine rings is 1. The number of nitrogens with one attached hydrogen (secondary N) is 1. The van der Waals surface area contributed by atoms with Gasteiger partial charge in [-0.15, -0.1) is 11.6 Å². The van der Waals surface area contributed by atoms with Gasteiger partial charge in [-0.1, -0.05) is 0 Å². The number of carbonyl (C=O) groups is 1. The van der Waals surface area contributed by atoms with Crippen LogP contribution in [0.2, 0.25) is 0 Å². The van der Waals surface area contributed by atoms with Crippen molar-refractivity contribution >= 4 is 17.5 Å².